The zero-order valence-electron chi connectivity index (χ0n) is 13.0. The van der Waals surface area contributed by atoms with Gasteiger partial charge in [0.2, 0.25) is 0 Å². The average Bonchev–Trinajstić information content (AvgIpc) is 2.53. The lowest BCUT2D eigenvalue weighted by atomic mass is 9.73. The van der Waals surface area contributed by atoms with E-state index in [0.717, 1.165) is 13.0 Å². The fourth-order valence-corrected chi connectivity index (χ4v) is 4.01. The van der Waals surface area contributed by atoms with Gasteiger partial charge >= 0.3 is 5.97 Å². The van der Waals surface area contributed by atoms with Crippen LogP contribution >= 0.6 is 0 Å². The van der Waals surface area contributed by atoms with E-state index in [-0.39, 0.29) is 17.9 Å². The first-order valence-corrected chi connectivity index (χ1v) is 7.68. The molecule has 2 bridgehead atoms. The summed E-state index contributed by atoms with van der Waals surface area (Å²) in [5.41, 5.74) is 2.62. The van der Waals surface area contributed by atoms with Crippen molar-refractivity contribution in [3.8, 4) is 0 Å². The Morgan fingerprint density at radius 2 is 2.05 bits per heavy atom. The number of piperidine rings is 1. The van der Waals surface area contributed by atoms with Gasteiger partial charge in [-0.2, -0.15) is 0 Å². The quantitative estimate of drug-likeness (QED) is 0.631. The molecule has 0 radical (unpaired) electrons. The number of hydrogen-bond donors (Lipinski definition) is 0. The van der Waals surface area contributed by atoms with Crippen molar-refractivity contribution in [1.82, 2.24) is 4.90 Å². The Morgan fingerprint density at radius 3 is 2.67 bits per heavy atom. The third-order valence-electron chi connectivity index (χ3n) is 4.99. The van der Waals surface area contributed by atoms with Crippen LogP contribution in [0, 0.1) is 11.8 Å². The van der Waals surface area contributed by atoms with E-state index in [0.29, 0.717) is 12.0 Å². The van der Waals surface area contributed by atoms with Gasteiger partial charge in [0.15, 0.2) is 0 Å². The monoisotopic (exact) mass is 285 g/mol. The van der Waals surface area contributed by atoms with Gasteiger partial charge in [0, 0.05) is 18.6 Å². The zero-order chi connectivity index (χ0) is 15.0. The van der Waals surface area contributed by atoms with Crippen molar-refractivity contribution in [3.63, 3.8) is 0 Å². The normalized spacial score (nSPS) is 29.9. The first-order valence-electron chi connectivity index (χ1n) is 7.68. The molecule has 21 heavy (non-hydrogen) atoms. The highest BCUT2D eigenvalue weighted by Crippen LogP contribution is 2.42. The van der Waals surface area contributed by atoms with Gasteiger partial charge in [-0.15, -0.1) is 0 Å². The lowest BCUT2D eigenvalue weighted by Gasteiger charge is -2.50. The Morgan fingerprint density at radius 1 is 1.33 bits per heavy atom. The molecule has 1 saturated heterocycles. The van der Waals surface area contributed by atoms with Gasteiger partial charge in [0.05, 0.1) is 13.0 Å². The van der Waals surface area contributed by atoms with Crippen molar-refractivity contribution in [2.75, 3.05) is 13.7 Å². The second-order valence-electron chi connectivity index (χ2n) is 6.26. The van der Waals surface area contributed by atoms with Crippen LogP contribution in [0.15, 0.2) is 42.0 Å². The van der Waals surface area contributed by atoms with E-state index in [9.17, 15) is 4.79 Å². The fourth-order valence-electron chi connectivity index (χ4n) is 4.01. The lowest BCUT2D eigenvalue weighted by Crippen LogP contribution is -2.55. The molecule has 0 saturated carbocycles. The molecule has 3 heteroatoms. The second-order valence-corrected chi connectivity index (χ2v) is 6.26. The van der Waals surface area contributed by atoms with Gasteiger partial charge in [-0.25, -0.2) is 0 Å². The number of methoxy groups -OCH3 is 1. The van der Waals surface area contributed by atoms with Crippen molar-refractivity contribution >= 4 is 5.97 Å². The summed E-state index contributed by atoms with van der Waals surface area (Å²) in [5.74, 6) is 0.373. The molecule has 1 aromatic rings. The van der Waals surface area contributed by atoms with Crippen LogP contribution in [0.4, 0.5) is 0 Å². The third-order valence-corrected chi connectivity index (χ3v) is 4.99. The van der Waals surface area contributed by atoms with E-state index >= 15 is 0 Å². The standard InChI is InChI=1S/C18H23NO2/c1-12-9-14-10-16(18(20)21-3)17(12)19(11-14)13(2)15-7-5-4-6-8-15/h4-9,13-14,16-17H,10-11H2,1-3H3/t13-,14-,16+,17+/m1/s1. The molecular weight excluding hydrogens is 262 g/mol. The van der Waals surface area contributed by atoms with Crippen molar-refractivity contribution in [3.05, 3.63) is 47.5 Å². The maximum Gasteiger partial charge on any atom is 0.310 e. The summed E-state index contributed by atoms with van der Waals surface area (Å²) in [6.07, 6.45) is 3.27. The maximum atomic E-state index is 12.1. The number of esters is 1. The summed E-state index contributed by atoms with van der Waals surface area (Å²) in [5, 5.41) is 0. The van der Waals surface area contributed by atoms with E-state index < -0.39 is 0 Å². The number of fused-ring (bicyclic) bond motifs is 2. The summed E-state index contributed by atoms with van der Waals surface area (Å²) in [6, 6.07) is 11.0. The van der Waals surface area contributed by atoms with Crippen molar-refractivity contribution in [2.45, 2.75) is 32.4 Å². The van der Waals surface area contributed by atoms with Gasteiger partial charge < -0.3 is 4.74 Å². The van der Waals surface area contributed by atoms with Crippen LogP contribution in [0.5, 0.6) is 0 Å². The Hall–Kier alpha value is -1.61. The average molecular weight is 285 g/mol. The second kappa shape index (κ2) is 5.64. The van der Waals surface area contributed by atoms with Crippen LogP contribution in [0.1, 0.15) is 31.9 Å². The first-order chi connectivity index (χ1) is 10.1. The minimum atomic E-state index is -0.0672. The predicted molar refractivity (Wildman–Crippen MR) is 82.7 cm³/mol. The molecule has 1 aromatic carbocycles. The van der Waals surface area contributed by atoms with Gasteiger partial charge in [-0.3, -0.25) is 9.69 Å². The van der Waals surface area contributed by atoms with Gasteiger partial charge in [-0.05, 0) is 31.7 Å². The predicted octanol–water partition coefficient (Wildman–Crippen LogP) is 3.19. The summed E-state index contributed by atoms with van der Waals surface area (Å²) >= 11 is 0. The molecule has 0 N–H and O–H groups in total. The molecule has 0 aromatic heterocycles. The smallest absolute Gasteiger partial charge is 0.310 e. The molecule has 2 aliphatic heterocycles. The number of carbonyl (C=O) groups is 1. The third kappa shape index (κ3) is 2.51. The maximum absolute atomic E-state index is 12.1. The van der Waals surface area contributed by atoms with Crippen LogP contribution in [-0.2, 0) is 9.53 Å². The largest absolute Gasteiger partial charge is 0.469 e. The number of benzene rings is 1. The number of rotatable bonds is 3. The van der Waals surface area contributed by atoms with Crippen LogP contribution < -0.4 is 0 Å². The van der Waals surface area contributed by atoms with Crippen LogP contribution in [-0.4, -0.2) is 30.6 Å². The molecule has 0 unspecified atom stereocenters. The summed E-state index contributed by atoms with van der Waals surface area (Å²) in [7, 11) is 1.49. The molecule has 1 fully saturated rings. The molecule has 112 valence electrons. The summed E-state index contributed by atoms with van der Waals surface area (Å²) in [4.78, 5) is 14.6. The molecule has 3 nitrogen and oxygen atoms in total. The minimum Gasteiger partial charge on any atom is -0.469 e. The van der Waals surface area contributed by atoms with E-state index in [1.54, 1.807) is 0 Å². The Bertz CT molecular complexity index is 552. The zero-order valence-corrected chi connectivity index (χ0v) is 13.0. The van der Waals surface area contributed by atoms with E-state index in [1.165, 1.54) is 18.2 Å². The molecule has 0 spiro atoms. The van der Waals surface area contributed by atoms with Gasteiger partial charge in [-0.1, -0.05) is 42.0 Å². The van der Waals surface area contributed by atoms with Crippen LogP contribution in [0.25, 0.3) is 0 Å². The summed E-state index contributed by atoms with van der Waals surface area (Å²) in [6.45, 7) is 5.42. The number of hydrogen-bond acceptors (Lipinski definition) is 3. The summed E-state index contributed by atoms with van der Waals surface area (Å²) < 4.78 is 5.03. The van der Waals surface area contributed by atoms with Crippen LogP contribution in [0.3, 0.4) is 0 Å². The number of ether oxygens (including phenoxy) is 1. The molecule has 4 atom stereocenters. The fraction of sp³-hybridized carbons (Fsp3) is 0.500. The highest BCUT2D eigenvalue weighted by atomic mass is 16.5. The van der Waals surface area contributed by atoms with Crippen molar-refractivity contribution < 1.29 is 9.53 Å². The number of carbonyl (C=O) groups excluding carboxylic acids is 1. The minimum absolute atomic E-state index is 0.0232. The molecule has 2 heterocycles. The van der Waals surface area contributed by atoms with Crippen molar-refractivity contribution in [1.29, 1.82) is 0 Å². The van der Waals surface area contributed by atoms with Crippen LogP contribution in [0.2, 0.25) is 0 Å². The van der Waals surface area contributed by atoms with Gasteiger partial charge in [0.25, 0.3) is 0 Å². The Balaban J connectivity index is 1.90. The molecule has 4 rings (SSSR count). The SMILES string of the molecule is COC(=O)[C@H]1C[C@H]2C=C(C)[C@@H]1N([C@H](C)c1ccccc1)C2. The molecule has 3 aliphatic rings. The highest BCUT2D eigenvalue weighted by Gasteiger charge is 2.45. The van der Waals surface area contributed by atoms with Gasteiger partial charge in [0.1, 0.15) is 0 Å². The lowest BCUT2D eigenvalue weighted by molar-refractivity contribution is -0.151. The molecule has 0 amide bonds. The number of nitrogens with zero attached hydrogens (tertiary/aromatic N) is 1. The van der Waals surface area contributed by atoms with E-state index in [1.807, 2.05) is 6.07 Å². The van der Waals surface area contributed by atoms with Crippen molar-refractivity contribution in [2.24, 2.45) is 11.8 Å². The topological polar surface area (TPSA) is 29.5 Å². The first kappa shape index (κ1) is 14.3. The molecule has 1 aliphatic carbocycles. The Labute approximate surface area is 126 Å². The van der Waals surface area contributed by atoms with E-state index in [2.05, 4.69) is 49.1 Å². The Kier molecular flexibility index (Phi) is 3.85. The van der Waals surface area contributed by atoms with E-state index in [4.69, 9.17) is 4.74 Å². The highest BCUT2D eigenvalue weighted by molar-refractivity contribution is 5.74. The molecular formula is C18H23NO2.